The van der Waals surface area contributed by atoms with Crippen LogP contribution in [0.1, 0.15) is 42.4 Å². The van der Waals surface area contributed by atoms with Crippen LogP contribution >= 0.6 is 0 Å². The summed E-state index contributed by atoms with van der Waals surface area (Å²) in [4.78, 5) is 32.4. The van der Waals surface area contributed by atoms with E-state index in [4.69, 9.17) is 5.11 Å². The highest BCUT2D eigenvalue weighted by Gasteiger charge is 2.37. The molecule has 1 saturated carbocycles. The van der Waals surface area contributed by atoms with Gasteiger partial charge >= 0.3 is 12.1 Å². The van der Waals surface area contributed by atoms with Crippen LogP contribution in [0.25, 0.3) is 0 Å². The lowest BCUT2D eigenvalue weighted by atomic mass is 9.98. The summed E-state index contributed by atoms with van der Waals surface area (Å²) in [5, 5.41) is 14.5. The zero-order valence-electron chi connectivity index (χ0n) is 17.1. The number of halogens is 3. The zero-order chi connectivity index (χ0) is 22.9. The Hall–Kier alpha value is -3.37. The molecule has 3 N–H and O–H groups in total. The van der Waals surface area contributed by atoms with Crippen molar-refractivity contribution in [1.82, 2.24) is 14.9 Å². The van der Waals surface area contributed by atoms with Crippen LogP contribution in [0.4, 0.5) is 30.6 Å². The van der Waals surface area contributed by atoms with Crippen molar-refractivity contribution in [3.8, 4) is 0 Å². The van der Waals surface area contributed by atoms with Gasteiger partial charge in [0.1, 0.15) is 11.4 Å². The van der Waals surface area contributed by atoms with E-state index in [-0.39, 0.29) is 36.6 Å². The third-order valence-electron chi connectivity index (χ3n) is 5.39. The molecule has 1 aliphatic carbocycles. The smallest absolute Gasteiger partial charge is 0.421 e. The Balaban J connectivity index is 1.46. The number of anilines is 3. The molecule has 1 amide bonds. The number of carboxylic acid groups (broad SMARTS) is 1. The average Bonchev–Trinajstić information content (AvgIpc) is 3.55. The number of nitrogens with zero attached hydrogens (tertiary/aromatic N) is 3. The third-order valence-corrected chi connectivity index (χ3v) is 5.39. The lowest BCUT2D eigenvalue weighted by molar-refractivity contribution is -0.141. The van der Waals surface area contributed by atoms with Gasteiger partial charge in [0.15, 0.2) is 0 Å². The van der Waals surface area contributed by atoms with Gasteiger partial charge in [-0.3, -0.25) is 9.59 Å². The van der Waals surface area contributed by atoms with Crippen LogP contribution in [-0.2, 0) is 28.7 Å². The lowest BCUT2D eigenvalue weighted by Gasteiger charge is -2.29. The van der Waals surface area contributed by atoms with Gasteiger partial charge in [-0.15, -0.1) is 0 Å². The molecule has 8 nitrogen and oxygen atoms in total. The molecule has 0 unspecified atom stereocenters. The van der Waals surface area contributed by atoms with Crippen molar-refractivity contribution in [3.63, 3.8) is 0 Å². The Morgan fingerprint density at radius 1 is 1.19 bits per heavy atom. The topological polar surface area (TPSA) is 107 Å². The molecule has 0 saturated heterocycles. The molecule has 2 heterocycles. The minimum absolute atomic E-state index is 0.00347. The summed E-state index contributed by atoms with van der Waals surface area (Å²) in [5.74, 6) is -1.38. The fraction of sp³-hybridized carbons (Fsp3) is 0.429. The van der Waals surface area contributed by atoms with Crippen molar-refractivity contribution in [1.29, 1.82) is 0 Å². The maximum absolute atomic E-state index is 13.2. The fourth-order valence-corrected chi connectivity index (χ4v) is 3.53. The van der Waals surface area contributed by atoms with E-state index in [1.54, 1.807) is 11.0 Å². The van der Waals surface area contributed by atoms with Gasteiger partial charge in [0.05, 0.1) is 6.42 Å². The Bertz CT molecular complexity index is 1040. The SMILES string of the molecule is O=C(O)CCC(=O)N1CCc2cc(Nc3ncc(C(F)(F)F)c(NC4CC4)n3)ccc2C1. The van der Waals surface area contributed by atoms with Crippen molar-refractivity contribution in [2.45, 2.75) is 50.9 Å². The molecule has 0 radical (unpaired) electrons. The third kappa shape index (κ3) is 5.27. The molecule has 1 aromatic carbocycles. The van der Waals surface area contributed by atoms with Crippen LogP contribution in [0.5, 0.6) is 0 Å². The number of hydrogen-bond acceptors (Lipinski definition) is 6. The van der Waals surface area contributed by atoms with E-state index in [2.05, 4.69) is 20.6 Å². The largest absolute Gasteiger partial charge is 0.481 e. The van der Waals surface area contributed by atoms with Gasteiger partial charge in [-0.2, -0.15) is 18.2 Å². The van der Waals surface area contributed by atoms with E-state index in [9.17, 15) is 22.8 Å². The predicted molar refractivity (Wildman–Crippen MR) is 109 cm³/mol. The molecule has 1 fully saturated rings. The highest BCUT2D eigenvalue weighted by Crippen LogP contribution is 2.36. The maximum atomic E-state index is 13.2. The van der Waals surface area contributed by atoms with Gasteiger partial charge in [0.25, 0.3) is 0 Å². The van der Waals surface area contributed by atoms with Crippen LogP contribution < -0.4 is 10.6 Å². The molecule has 2 aromatic rings. The molecule has 0 bridgehead atoms. The highest BCUT2D eigenvalue weighted by molar-refractivity contribution is 5.81. The van der Waals surface area contributed by atoms with E-state index in [0.717, 1.165) is 30.2 Å². The van der Waals surface area contributed by atoms with Gasteiger partial charge in [0.2, 0.25) is 11.9 Å². The first-order valence-corrected chi connectivity index (χ1v) is 10.3. The normalized spacial score (nSPS) is 15.8. The van der Waals surface area contributed by atoms with Crippen LogP contribution in [0.15, 0.2) is 24.4 Å². The number of hydrogen-bond donors (Lipinski definition) is 3. The summed E-state index contributed by atoms with van der Waals surface area (Å²) in [6.07, 6.45) is -1.79. The second kappa shape index (κ2) is 8.64. The van der Waals surface area contributed by atoms with E-state index < -0.39 is 17.7 Å². The summed E-state index contributed by atoms with van der Waals surface area (Å²) in [6.45, 7) is 0.863. The van der Waals surface area contributed by atoms with E-state index >= 15 is 0 Å². The molecule has 4 rings (SSSR count). The molecule has 32 heavy (non-hydrogen) atoms. The number of amides is 1. The molecule has 1 aromatic heterocycles. The molecule has 0 spiro atoms. The van der Waals surface area contributed by atoms with Crippen LogP contribution in [0.3, 0.4) is 0 Å². The number of alkyl halides is 3. The summed E-state index contributed by atoms with van der Waals surface area (Å²) in [5.41, 5.74) is 1.68. The number of nitrogens with one attached hydrogen (secondary N) is 2. The van der Waals surface area contributed by atoms with E-state index in [1.165, 1.54) is 0 Å². The van der Waals surface area contributed by atoms with Crippen molar-refractivity contribution in [2.75, 3.05) is 17.2 Å². The summed E-state index contributed by atoms with van der Waals surface area (Å²) >= 11 is 0. The summed E-state index contributed by atoms with van der Waals surface area (Å²) in [7, 11) is 0. The number of carbonyl (C=O) groups excluding carboxylic acids is 1. The Morgan fingerprint density at radius 3 is 2.66 bits per heavy atom. The molecular formula is C21H22F3N5O3. The van der Waals surface area contributed by atoms with Gasteiger partial charge in [-0.1, -0.05) is 6.07 Å². The van der Waals surface area contributed by atoms with Crippen LogP contribution in [-0.4, -0.2) is 44.4 Å². The molecule has 11 heteroatoms. The molecular weight excluding hydrogens is 427 g/mol. The molecule has 2 aliphatic rings. The van der Waals surface area contributed by atoms with Crippen molar-refractivity contribution < 1.29 is 27.9 Å². The summed E-state index contributed by atoms with van der Waals surface area (Å²) < 4.78 is 39.7. The summed E-state index contributed by atoms with van der Waals surface area (Å²) in [6, 6.07) is 5.45. The van der Waals surface area contributed by atoms with Gasteiger partial charge < -0.3 is 20.6 Å². The zero-order valence-corrected chi connectivity index (χ0v) is 17.1. The number of carboxylic acids is 1. The highest BCUT2D eigenvalue weighted by atomic mass is 19.4. The Morgan fingerprint density at radius 2 is 1.97 bits per heavy atom. The minimum Gasteiger partial charge on any atom is -0.481 e. The van der Waals surface area contributed by atoms with Crippen LogP contribution in [0.2, 0.25) is 0 Å². The van der Waals surface area contributed by atoms with Gasteiger partial charge in [-0.05, 0) is 42.5 Å². The Labute approximate surface area is 181 Å². The average molecular weight is 449 g/mol. The predicted octanol–water partition coefficient (Wildman–Crippen LogP) is 3.56. The van der Waals surface area contributed by atoms with Crippen molar-refractivity contribution in [3.05, 3.63) is 41.1 Å². The van der Waals surface area contributed by atoms with Crippen molar-refractivity contribution in [2.24, 2.45) is 0 Å². The van der Waals surface area contributed by atoms with E-state index in [1.807, 2.05) is 12.1 Å². The first-order valence-electron chi connectivity index (χ1n) is 10.3. The second-order valence-corrected chi connectivity index (χ2v) is 7.94. The first kappa shape index (κ1) is 21.8. The Kier molecular flexibility index (Phi) is 5.90. The van der Waals surface area contributed by atoms with Gasteiger partial charge in [-0.25, -0.2) is 4.98 Å². The second-order valence-electron chi connectivity index (χ2n) is 7.94. The van der Waals surface area contributed by atoms with Crippen molar-refractivity contribution >= 4 is 29.3 Å². The number of fused-ring (bicyclic) bond motifs is 1. The number of aromatic nitrogens is 2. The number of rotatable bonds is 7. The monoisotopic (exact) mass is 449 g/mol. The standard InChI is InChI=1S/C21H22F3N5O3/c22-21(23,24)16-10-25-20(28-19(16)26-14-3-4-14)27-15-2-1-13-11-29(8-7-12(13)9-15)17(30)5-6-18(31)32/h1-2,9-10,14H,3-8,11H2,(H,31,32)(H2,25,26,27,28). The number of carbonyl (C=O) groups is 2. The minimum atomic E-state index is -4.55. The fourth-order valence-electron chi connectivity index (χ4n) is 3.53. The van der Waals surface area contributed by atoms with Crippen LogP contribution in [0, 0.1) is 0 Å². The quantitative estimate of drug-likeness (QED) is 0.593. The number of aliphatic carboxylic acids is 1. The maximum Gasteiger partial charge on any atom is 0.421 e. The molecule has 0 atom stereocenters. The molecule has 1 aliphatic heterocycles. The lowest BCUT2D eigenvalue weighted by Crippen LogP contribution is -2.36. The number of benzene rings is 1. The van der Waals surface area contributed by atoms with Gasteiger partial charge in [0, 0.05) is 37.4 Å². The first-order chi connectivity index (χ1) is 15.2. The van der Waals surface area contributed by atoms with E-state index in [0.29, 0.717) is 25.2 Å². The molecule has 170 valence electrons.